The molecule has 0 heterocycles. The molecule has 3 nitrogen and oxygen atoms in total. The van der Waals surface area contributed by atoms with Crippen LogP contribution in [-0.2, 0) is 9.84 Å². The number of benzene rings is 1. The molecule has 0 aromatic heterocycles. The average Bonchev–Trinajstić information content (AvgIpc) is 2.15. The first kappa shape index (κ1) is 14.0. The van der Waals surface area contributed by atoms with Gasteiger partial charge in [0.2, 0.25) is 0 Å². The molecule has 0 N–H and O–H groups in total. The lowest BCUT2D eigenvalue weighted by Crippen LogP contribution is -2.32. The SMILES string of the molecule is Cc1cccc(OCCS(=O)(=O)C(C)(C)C)c1. The predicted molar refractivity (Wildman–Crippen MR) is 70.2 cm³/mol. The second-order valence-electron chi connectivity index (χ2n) is 5.10. The highest BCUT2D eigenvalue weighted by Gasteiger charge is 2.28. The number of aryl methyl sites for hydroxylation is 1. The lowest BCUT2D eigenvalue weighted by Gasteiger charge is -2.19. The summed E-state index contributed by atoms with van der Waals surface area (Å²) in [7, 11) is -3.10. The fourth-order valence-electron chi connectivity index (χ4n) is 1.28. The van der Waals surface area contributed by atoms with E-state index in [2.05, 4.69) is 0 Å². The van der Waals surface area contributed by atoms with Crippen LogP contribution in [0.4, 0.5) is 0 Å². The Morgan fingerprint density at radius 2 is 1.88 bits per heavy atom. The standard InChI is InChI=1S/C13H20O3S/c1-11-6-5-7-12(10-11)16-8-9-17(14,15)13(2,3)4/h5-7,10H,8-9H2,1-4H3. The molecule has 0 aliphatic rings. The van der Waals surface area contributed by atoms with Gasteiger partial charge in [-0.1, -0.05) is 12.1 Å². The Morgan fingerprint density at radius 1 is 1.24 bits per heavy atom. The van der Waals surface area contributed by atoms with Crippen LogP contribution < -0.4 is 4.74 Å². The van der Waals surface area contributed by atoms with Crippen LogP contribution in [0.3, 0.4) is 0 Å². The highest BCUT2D eigenvalue weighted by atomic mass is 32.2. The first-order valence-electron chi connectivity index (χ1n) is 5.64. The first-order valence-corrected chi connectivity index (χ1v) is 7.29. The summed E-state index contributed by atoms with van der Waals surface area (Å²) in [4.78, 5) is 0. The van der Waals surface area contributed by atoms with Crippen molar-refractivity contribution in [2.75, 3.05) is 12.4 Å². The average molecular weight is 256 g/mol. The van der Waals surface area contributed by atoms with E-state index in [1.807, 2.05) is 31.2 Å². The zero-order valence-electron chi connectivity index (χ0n) is 10.9. The molecule has 0 saturated carbocycles. The zero-order chi connectivity index (χ0) is 13.1. The van der Waals surface area contributed by atoms with E-state index in [9.17, 15) is 8.42 Å². The minimum Gasteiger partial charge on any atom is -0.493 e. The van der Waals surface area contributed by atoms with Gasteiger partial charge in [0.15, 0.2) is 9.84 Å². The minimum atomic E-state index is -3.10. The van der Waals surface area contributed by atoms with Gasteiger partial charge in [-0.15, -0.1) is 0 Å². The normalized spacial score (nSPS) is 12.5. The molecule has 0 saturated heterocycles. The van der Waals surface area contributed by atoms with Gasteiger partial charge in [-0.05, 0) is 45.4 Å². The van der Waals surface area contributed by atoms with Crippen molar-refractivity contribution < 1.29 is 13.2 Å². The zero-order valence-corrected chi connectivity index (χ0v) is 11.7. The van der Waals surface area contributed by atoms with E-state index in [-0.39, 0.29) is 12.4 Å². The predicted octanol–water partition coefficient (Wildman–Crippen LogP) is 2.59. The highest BCUT2D eigenvalue weighted by molar-refractivity contribution is 7.92. The minimum absolute atomic E-state index is 0.0461. The topological polar surface area (TPSA) is 43.4 Å². The Morgan fingerprint density at radius 3 is 2.41 bits per heavy atom. The molecular weight excluding hydrogens is 236 g/mol. The Hall–Kier alpha value is -1.03. The van der Waals surface area contributed by atoms with E-state index in [0.717, 1.165) is 5.56 Å². The van der Waals surface area contributed by atoms with Gasteiger partial charge in [-0.25, -0.2) is 8.42 Å². The van der Waals surface area contributed by atoms with Crippen molar-refractivity contribution >= 4 is 9.84 Å². The molecule has 4 heteroatoms. The van der Waals surface area contributed by atoms with Gasteiger partial charge in [0.05, 0.1) is 10.5 Å². The molecule has 0 unspecified atom stereocenters. The van der Waals surface area contributed by atoms with Crippen LogP contribution in [0.5, 0.6) is 5.75 Å². The summed E-state index contributed by atoms with van der Waals surface area (Å²) in [6, 6.07) is 7.59. The molecule has 96 valence electrons. The maximum absolute atomic E-state index is 11.8. The van der Waals surface area contributed by atoms with Crippen molar-refractivity contribution in [1.29, 1.82) is 0 Å². The van der Waals surface area contributed by atoms with Crippen LogP contribution in [0, 0.1) is 6.92 Å². The lowest BCUT2D eigenvalue weighted by molar-refractivity contribution is 0.339. The van der Waals surface area contributed by atoms with Crippen molar-refractivity contribution in [2.45, 2.75) is 32.4 Å². The quantitative estimate of drug-likeness (QED) is 0.831. The van der Waals surface area contributed by atoms with Crippen molar-refractivity contribution in [3.05, 3.63) is 29.8 Å². The Labute approximate surface area is 104 Å². The van der Waals surface area contributed by atoms with Crippen LogP contribution in [0.15, 0.2) is 24.3 Å². The third-order valence-electron chi connectivity index (χ3n) is 2.54. The Kier molecular flexibility index (Phi) is 4.20. The summed E-state index contributed by atoms with van der Waals surface area (Å²) < 4.78 is 28.4. The van der Waals surface area contributed by atoms with Gasteiger partial charge in [-0.2, -0.15) is 0 Å². The smallest absolute Gasteiger partial charge is 0.158 e. The van der Waals surface area contributed by atoms with Gasteiger partial charge in [0.25, 0.3) is 0 Å². The molecule has 1 rings (SSSR count). The molecule has 0 amide bonds. The molecule has 17 heavy (non-hydrogen) atoms. The van der Waals surface area contributed by atoms with E-state index in [1.54, 1.807) is 20.8 Å². The van der Waals surface area contributed by atoms with E-state index in [1.165, 1.54) is 0 Å². The number of hydrogen-bond acceptors (Lipinski definition) is 3. The van der Waals surface area contributed by atoms with Crippen LogP contribution in [-0.4, -0.2) is 25.5 Å². The van der Waals surface area contributed by atoms with Gasteiger partial charge in [0, 0.05) is 0 Å². The van der Waals surface area contributed by atoms with Crippen molar-refractivity contribution in [2.24, 2.45) is 0 Å². The molecular formula is C13H20O3S. The number of ether oxygens (including phenoxy) is 1. The maximum Gasteiger partial charge on any atom is 0.158 e. The van der Waals surface area contributed by atoms with Gasteiger partial charge < -0.3 is 4.74 Å². The fourth-order valence-corrected chi connectivity index (χ4v) is 2.20. The van der Waals surface area contributed by atoms with Crippen molar-refractivity contribution in [3.8, 4) is 5.75 Å². The number of rotatable bonds is 4. The second kappa shape index (κ2) is 5.08. The van der Waals surface area contributed by atoms with E-state index in [0.29, 0.717) is 5.75 Å². The summed E-state index contributed by atoms with van der Waals surface area (Å²) >= 11 is 0. The number of hydrogen-bond donors (Lipinski definition) is 0. The third kappa shape index (κ3) is 4.04. The summed E-state index contributed by atoms with van der Waals surface area (Å²) in [5.74, 6) is 0.763. The Bertz CT molecular complexity index is 470. The summed E-state index contributed by atoms with van der Waals surface area (Å²) in [6.07, 6.45) is 0. The number of sulfone groups is 1. The van der Waals surface area contributed by atoms with Crippen molar-refractivity contribution in [3.63, 3.8) is 0 Å². The molecule has 0 spiro atoms. The third-order valence-corrected chi connectivity index (χ3v) is 5.11. The van der Waals surface area contributed by atoms with E-state index in [4.69, 9.17) is 4.74 Å². The molecule has 0 aliphatic heterocycles. The fraction of sp³-hybridized carbons (Fsp3) is 0.538. The van der Waals surface area contributed by atoms with Gasteiger partial charge in [-0.3, -0.25) is 0 Å². The van der Waals surface area contributed by atoms with Gasteiger partial charge >= 0.3 is 0 Å². The van der Waals surface area contributed by atoms with Crippen LogP contribution in [0.2, 0.25) is 0 Å². The summed E-state index contributed by atoms with van der Waals surface area (Å²) in [5, 5.41) is 0. The maximum atomic E-state index is 11.8. The Balaban J connectivity index is 2.55. The molecule has 0 aliphatic carbocycles. The van der Waals surface area contributed by atoms with E-state index >= 15 is 0 Å². The first-order chi connectivity index (χ1) is 7.72. The van der Waals surface area contributed by atoms with Crippen LogP contribution in [0.25, 0.3) is 0 Å². The molecule has 0 atom stereocenters. The van der Waals surface area contributed by atoms with Crippen LogP contribution in [0.1, 0.15) is 26.3 Å². The lowest BCUT2D eigenvalue weighted by atomic mass is 10.2. The molecule has 1 aromatic carbocycles. The molecule has 1 aromatic rings. The second-order valence-corrected chi connectivity index (χ2v) is 7.96. The summed E-state index contributed by atoms with van der Waals surface area (Å²) in [5.41, 5.74) is 1.10. The van der Waals surface area contributed by atoms with E-state index < -0.39 is 14.6 Å². The highest BCUT2D eigenvalue weighted by Crippen LogP contribution is 2.17. The summed E-state index contributed by atoms with van der Waals surface area (Å²) in [6.45, 7) is 7.28. The molecule has 0 fully saturated rings. The van der Waals surface area contributed by atoms with Crippen LogP contribution >= 0.6 is 0 Å². The van der Waals surface area contributed by atoms with Crippen molar-refractivity contribution in [1.82, 2.24) is 0 Å². The molecule has 0 radical (unpaired) electrons. The van der Waals surface area contributed by atoms with Gasteiger partial charge in [0.1, 0.15) is 12.4 Å². The largest absolute Gasteiger partial charge is 0.493 e. The molecule has 0 bridgehead atoms. The monoisotopic (exact) mass is 256 g/mol.